The van der Waals surface area contributed by atoms with Gasteiger partial charge in [0, 0.05) is 50.9 Å². The van der Waals surface area contributed by atoms with Gasteiger partial charge in [-0.1, -0.05) is 25.1 Å². The number of nitrogens with one attached hydrogen (secondary N) is 2. The summed E-state index contributed by atoms with van der Waals surface area (Å²) in [6.07, 6.45) is 2.97. The average molecular weight is 389 g/mol. The summed E-state index contributed by atoms with van der Waals surface area (Å²) in [7, 11) is 3.42. The number of ether oxygens (including phenoxy) is 2. The van der Waals surface area contributed by atoms with Crippen molar-refractivity contribution in [3.63, 3.8) is 0 Å². The van der Waals surface area contributed by atoms with Gasteiger partial charge >= 0.3 is 0 Å². The first-order valence-corrected chi connectivity index (χ1v) is 9.85. The molecule has 7 heteroatoms. The minimum atomic E-state index is 0.446. The van der Waals surface area contributed by atoms with E-state index in [-0.39, 0.29) is 0 Å². The van der Waals surface area contributed by atoms with Crippen molar-refractivity contribution < 1.29 is 14.0 Å². The van der Waals surface area contributed by atoms with E-state index >= 15 is 0 Å². The maximum Gasteiger partial charge on any atom is 0.195 e. The number of guanidine groups is 1. The summed E-state index contributed by atoms with van der Waals surface area (Å²) in [6.45, 7) is 6.16. The Balaban J connectivity index is 1.87. The average Bonchev–Trinajstić information content (AvgIpc) is 3.18. The van der Waals surface area contributed by atoms with Gasteiger partial charge in [-0.2, -0.15) is 0 Å². The smallest absolute Gasteiger partial charge is 0.195 e. The van der Waals surface area contributed by atoms with Crippen LogP contribution in [-0.4, -0.2) is 38.5 Å². The highest BCUT2D eigenvalue weighted by Gasteiger charge is 2.13. The first kappa shape index (κ1) is 21.8. The van der Waals surface area contributed by atoms with Crippen LogP contribution in [0, 0.1) is 0 Å². The normalized spacial score (nSPS) is 11.7. The van der Waals surface area contributed by atoms with Crippen LogP contribution >= 0.6 is 0 Å². The number of nitrogens with zero attached hydrogens (tertiary/aromatic N) is 2. The lowest BCUT2D eigenvalue weighted by Gasteiger charge is -2.12. The number of aliphatic imine (C=N–C) groups is 1. The highest BCUT2D eigenvalue weighted by molar-refractivity contribution is 5.93. The monoisotopic (exact) mass is 388 g/mol. The molecule has 1 aromatic carbocycles. The van der Waals surface area contributed by atoms with Gasteiger partial charge in [-0.15, -0.1) is 0 Å². The van der Waals surface area contributed by atoms with Gasteiger partial charge in [0.05, 0.1) is 18.8 Å². The van der Waals surface area contributed by atoms with Gasteiger partial charge in [0.1, 0.15) is 5.75 Å². The van der Waals surface area contributed by atoms with Crippen LogP contribution in [0.2, 0.25) is 0 Å². The van der Waals surface area contributed by atoms with Crippen LogP contribution in [0.25, 0.3) is 0 Å². The molecule has 1 aromatic heterocycles. The van der Waals surface area contributed by atoms with Gasteiger partial charge in [0.2, 0.25) is 0 Å². The Morgan fingerprint density at radius 2 is 2.04 bits per heavy atom. The topological polar surface area (TPSA) is 80.9 Å². The zero-order chi connectivity index (χ0) is 20.2. The molecular weight excluding hydrogens is 356 g/mol. The minimum absolute atomic E-state index is 0.446. The van der Waals surface area contributed by atoms with Crippen molar-refractivity contribution in [3.8, 4) is 5.75 Å². The number of benzene rings is 1. The van der Waals surface area contributed by atoms with Crippen LogP contribution in [-0.2, 0) is 11.3 Å². The van der Waals surface area contributed by atoms with Crippen molar-refractivity contribution in [2.45, 2.75) is 45.6 Å². The number of anilines is 1. The van der Waals surface area contributed by atoms with E-state index in [0.29, 0.717) is 31.6 Å². The molecule has 0 saturated heterocycles. The van der Waals surface area contributed by atoms with E-state index in [4.69, 9.17) is 14.0 Å². The number of methoxy groups -OCH3 is 1. The number of aromatic nitrogens is 1. The molecule has 2 aromatic rings. The van der Waals surface area contributed by atoms with Crippen LogP contribution in [0.4, 0.5) is 5.69 Å². The van der Waals surface area contributed by atoms with Crippen molar-refractivity contribution in [1.82, 2.24) is 10.5 Å². The predicted molar refractivity (Wildman–Crippen MR) is 112 cm³/mol. The Bertz CT molecular complexity index is 726. The van der Waals surface area contributed by atoms with Crippen LogP contribution in [0.15, 0.2) is 39.8 Å². The summed E-state index contributed by atoms with van der Waals surface area (Å²) in [4.78, 5) is 4.26. The Kier molecular flexibility index (Phi) is 9.34. The summed E-state index contributed by atoms with van der Waals surface area (Å²) < 4.78 is 16.2. The molecule has 1 heterocycles. The van der Waals surface area contributed by atoms with Crippen molar-refractivity contribution in [2.75, 3.05) is 32.7 Å². The summed E-state index contributed by atoms with van der Waals surface area (Å²) >= 11 is 0. The summed E-state index contributed by atoms with van der Waals surface area (Å²) in [6, 6.07) is 9.81. The molecule has 0 amide bonds. The van der Waals surface area contributed by atoms with E-state index in [9.17, 15) is 0 Å². The standard InChI is InChI=1S/C21H32N4O3/c1-5-16(6-2)20-14-19(28-25-20)15-23-21(22-3)24-17-9-7-10-18(13-17)27-12-8-11-26-4/h7,9-10,13-14,16H,5-6,8,11-12,15H2,1-4H3,(H2,22,23,24). The fourth-order valence-corrected chi connectivity index (χ4v) is 2.86. The van der Waals surface area contributed by atoms with E-state index in [1.807, 2.05) is 30.3 Å². The lowest BCUT2D eigenvalue weighted by molar-refractivity contribution is 0.172. The molecule has 0 radical (unpaired) electrons. The second-order valence-corrected chi connectivity index (χ2v) is 6.50. The van der Waals surface area contributed by atoms with Gasteiger partial charge in [0.15, 0.2) is 11.7 Å². The van der Waals surface area contributed by atoms with Crippen LogP contribution < -0.4 is 15.4 Å². The van der Waals surface area contributed by atoms with E-state index in [1.165, 1.54) is 0 Å². The van der Waals surface area contributed by atoms with Crippen LogP contribution in [0.1, 0.15) is 50.5 Å². The van der Waals surface area contributed by atoms with Gasteiger partial charge < -0.3 is 24.6 Å². The van der Waals surface area contributed by atoms with Crippen molar-refractivity contribution in [2.24, 2.45) is 4.99 Å². The summed E-state index contributed by atoms with van der Waals surface area (Å²) in [5, 5.41) is 10.7. The highest BCUT2D eigenvalue weighted by atomic mass is 16.5. The zero-order valence-corrected chi connectivity index (χ0v) is 17.3. The molecule has 0 bridgehead atoms. The van der Waals surface area contributed by atoms with Crippen molar-refractivity contribution >= 4 is 11.6 Å². The molecule has 2 N–H and O–H groups in total. The largest absolute Gasteiger partial charge is 0.493 e. The molecule has 7 nitrogen and oxygen atoms in total. The lowest BCUT2D eigenvalue weighted by Crippen LogP contribution is -2.30. The van der Waals surface area contributed by atoms with Gasteiger partial charge in [-0.3, -0.25) is 4.99 Å². The lowest BCUT2D eigenvalue weighted by atomic mass is 9.99. The fraction of sp³-hybridized carbons (Fsp3) is 0.524. The molecule has 0 atom stereocenters. The van der Waals surface area contributed by atoms with E-state index < -0.39 is 0 Å². The van der Waals surface area contributed by atoms with E-state index in [1.54, 1.807) is 14.2 Å². The predicted octanol–water partition coefficient (Wildman–Crippen LogP) is 4.18. The molecule has 0 spiro atoms. The fourth-order valence-electron chi connectivity index (χ4n) is 2.86. The molecule has 28 heavy (non-hydrogen) atoms. The highest BCUT2D eigenvalue weighted by Crippen LogP contribution is 2.22. The van der Waals surface area contributed by atoms with E-state index in [0.717, 1.165) is 42.2 Å². The molecule has 0 aliphatic heterocycles. The summed E-state index contributed by atoms with van der Waals surface area (Å²) in [5.74, 6) is 2.69. The number of rotatable bonds is 11. The number of hydrogen-bond donors (Lipinski definition) is 2. The number of hydrogen-bond acceptors (Lipinski definition) is 5. The maximum atomic E-state index is 5.74. The Morgan fingerprint density at radius 3 is 2.75 bits per heavy atom. The Hall–Kier alpha value is -2.54. The molecule has 0 aliphatic rings. The third-order valence-electron chi connectivity index (χ3n) is 4.49. The minimum Gasteiger partial charge on any atom is -0.493 e. The third-order valence-corrected chi connectivity index (χ3v) is 4.49. The zero-order valence-electron chi connectivity index (χ0n) is 17.3. The van der Waals surface area contributed by atoms with Crippen LogP contribution in [0.5, 0.6) is 5.75 Å². The molecule has 154 valence electrons. The second kappa shape index (κ2) is 12.0. The summed E-state index contributed by atoms with van der Waals surface area (Å²) in [5.41, 5.74) is 1.91. The molecule has 0 saturated carbocycles. The second-order valence-electron chi connectivity index (χ2n) is 6.50. The molecule has 0 fully saturated rings. The third kappa shape index (κ3) is 6.88. The Morgan fingerprint density at radius 1 is 1.21 bits per heavy atom. The van der Waals surface area contributed by atoms with Crippen LogP contribution in [0.3, 0.4) is 0 Å². The maximum absolute atomic E-state index is 5.74. The van der Waals surface area contributed by atoms with E-state index in [2.05, 4.69) is 34.6 Å². The first-order chi connectivity index (χ1) is 13.7. The van der Waals surface area contributed by atoms with Gasteiger partial charge in [-0.05, 0) is 25.0 Å². The van der Waals surface area contributed by atoms with Crippen molar-refractivity contribution in [3.05, 3.63) is 41.8 Å². The molecule has 2 rings (SSSR count). The first-order valence-electron chi connectivity index (χ1n) is 9.85. The van der Waals surface area contributed by atoms with Gasteiger partial charge in [-0.25, -0.2) is 0 Å². The Labute approximate surface area is 167 Å². The molecule has 0 aliphatic carbocycles. The SMILES string of the molecule is CCC(CC)c1cc(CNC(=NC)Nc2cccc(OCCCOC)c2)on1. The molecular formula is C21H32N4O3. The quantitative estimate of drug-likeness (QED) is 0.341. The molecule has 0 unspecified atom stereocenters. The van der Waals surface area contributed by atoms with Gasteiger partial charge in [0.25, 0.3) is 0 Å². The van der Waals surface area contributed by atoms with Crippen molar-refractivity contribution in [1.29, 1.82) is 0 Å².